The molecule has 122 valence electrons. The summed E-state index contributed by atoms with van der Waals surface area (Å²) in [5.41, 5.74) is 1.55. The molecule has 23 heavy (non-hydrogen) atoms. The molecule has 0 aliphatic carbocycles. The van der Waals surface area contributed by atoms with Gasteiger partial charge in [0.2, 0.25) is 0 Å². The molecule has 2 aromatic rings. The van der Waals surface area contributed by atoms with Crippen molar-refractivity contribution in [1.29, 1.82) is 0 Å². The number of para-hydroxylation sites is 1. The fourth-order valence-corrected chi connectivity index (χ4v) is 3.13. The third-order valence-corrected chi connectivity index (χ3v) is 4.38. The summed E-state index contributed by atoms with van der Waals surface area (Å²) < 4.78 is 0. The summed E-state index contributed by atoms with van der Waals surface area (Å²) in [4.78, 5) is 21.6. The highest BCUT2D eigenvalue weighted by molar-refractivity contribution is 6.02. The van der Waals surface area contributed by atoms with Crippen molar-refractivity contribution in [3.05, 3.63) is 35.9 Å². The van der Waals surface area contributed by atoms with Gasteiger partial charge in [0.15, 0.2) is 0 Å². The standard InChI is InChI=1S/C18H23N3O2/c1-2-20(11-12-22)18(23)15-13-14-7-3-4-8-16(14)19-17(15)21-9-5-6-10-21/h3-4,7-8,13,22H,2,5-6,9-12H2,1H3. The van der Waals surface area contributed by atoms with Crippen molar-refractivity contribution in [2.24, 2.45) is 0 Å². The molecule has 0 spiro atoms. The molecule has 1 aromatic heterocycles. The lowest BCUT2D eigenvalue weighted by molar-refractivity contribution is 0.0732. The van der Waals surface area contributed by atoms with Crippen molar-refractivity contribution in [2.45, 2.75) is 19.8 Å². The van der Waals surface area contributed by atoms with Crippen LogP contribution in [0, 0.1) is 0 Å². The Balaban J connectivity index is 2.08. The van der Waals surface area contributed by atoms with E-state index in [4.69, 9.17) is 4.98 Å². The maximum absolute atomic E-state index is 12.9. The van der Waals surface area contributed by atoms with Gasteiger partial charge >= 0.3 is 0 Å². The van der Waals surface area contributed by atoms with Gasteiger partial charge in [-0.15, -0.1) is 0 Å². The van der Waals surface area contributed by atoms with Gasteiger partial charge in [0.05, 0.1) is 17.7 Å². The van der Waals surface area contributed by atoms with Gasteiger partial charge in [-0.25, -0.2) is 4.98 Å². The number of likely N-dealkylation sites (N-methyl/N-ethyl adjacent to an activating group) is 1. The minimum atomic E-state index is -0.0540. The predicted octanol–water partition coefficient (Wildman–Crippen LogP) is 2.29. The fraction of sp³-hybridized carbons (Fsp3) is 0.444. The molecule has 1 aromatic carbocycles. The van der Waals surface area contributed by atoms with Crippen LogP contribution in [0.4, 0.5) is 5.82 Å². The molecule has 1 amide bonds. The number of rotatable bonds is 5. The minimum Gasteiger partial charge on any atom is -0.395 e. The summed E-state index contributed by atoms with van der Waals surface area (Å²) in [5.74, 6) is 0.726. The number of hydrogen-bond acceptors (Lipinski definition) is 4. The number of anilines is 1. The maximum Gasteiger partial charge on any atom is 0.257 e. The van der Waals surface area contributed by atoms with E-state index < -0.39 is 0 Å². The number of aliphatic hydroxyl groups is 1. The van der Waals surface area contributed by atoms with Gasteiger partial charge in [-0.05, 0) is 31.9 Å². The molecular formula is C18H23N3O2. The van der Waals surface area contributed by atoms with E-state index in [1.54, 1.807) is 4.90 Å². The van der Waals surface area contributed by atoms with E-state index in [1.165, 1.54) is 0 Å². The Bertz CT molecular complexity index is 696. The molecule has 1 aliphatic rings. The van der Waals surface area contributed by atoms with Crippen LogP contribution in [0.15, 0.2) is 30.3 Å². The van der Waals surface area contributed by atoms with Crippen LogP contribution in [0.5, 0.6) is 0 Å². The molecular weight excluding hydrogens is 290 g/mol. The van der Waals surface area contributed by atoms with Crippen molar-refractivity contribution >= 4 is 22.6 Å². The van der Waals surface area contributed by atoms with E-state index in [-0.39, 0.29) is 12.5 Å². The van der Waals surface area contributed by atoms with Crippen LogP contribution in [0.3, 0.4) is 0 Å². The topological polar surface area (TPSA) is 56.7 Å². The Morgan fingerprint density at radius 1 is 1.30 bits per heavy atom. The molecule has 0 saturated carbocycles. The largest absolute Gasteiger partial charge is 0.395 e. The predicted molar refractivity (Wildman–Crippen MR) is 91.9 cm³/mol. The molecule has 1 aliphatic heterocycles. The number of pyridine rings is 1. The van der Waals surface area contributed by atoms with E-state index in [0.717, 1.165) is 42.7 Å². The first-order valence-corrected chi connectivity index (χ1v) is 8.29. The van der Waals surface area contributed by atoms with Crippen LogP contribution < -0.4 is 4.90 Å². The number of fused-ring (bicyclic) bond motifs is 1. The van der Waals surface area contributed by atoms with Gasteiger partial charge in [0.1, 0.15) is 5.82 Å². The van der Waals surface area contributed by atoms with E-state index in [2.05, 4.69) is 4.90 Å². The second-order valence-electron chi connectivity index (χ2n) is 5.85. The molecule has 1 saturated heterocycles. The van der Waals surface area contributed by atoms with Crippen molar-refractivity contribution in [2.75, 3.05) is 37.7 Å². The third-order valence-electron chi connectivity index (χ3n) is 4.38. The van der Waals surface area contributed by atoms with Crippen LogP contribution in [0.25, 0.3) is 10.9 Å². The Morgan fingerprint density at radius 2 is 2.04 bits per heavy atom. The second kappa shape index (κ2) is 6.96. The van der Waals surface area contributed by atoms with Gasteiger partial charge < -0.3 is 14.9 Å². The van der Waals surface area contributed by atoms with E-state index in [1.807, 2.05) is 37.3 Å². The number of aromatic nitrogens is 1. The smallest absolute Gasteiger partial charge is 0.257 e. The van der Waals surface area contributed by atoms with Crippen LogP contribution in [-0.2, 0) is 0 Å². The fourth-order valence-electron chi connectivity index (χ4n) is 3.13. The molecule has 0 bridgehead atoms. The summed E-state index contributed by atoms with van der Waals surface area (Å²) in [6.07, 6.45) is 2.27. The summed E-state index contributed by atoms with van der Waals surface area (Å²) in [6, 6.07) is 9.83. The highest BCUT2D eigenvalue weighted by Gasteiger charge is 2.24. The summed E-state index contributed by atoms with van der Waals surface area (Å²) >= 11 is 0. The Hall–Kier alpha value is -2.14. The van der Waals surface area contributed by atoms with Crippen LogP contribution in [0.2, 0.25) is 0 Å². The van der Waals surface area contributed by atoms with Crippen LogP contribution in [0.1, 0.15) is 30.1 Å². The highest BCUT2D eigenvalue weighted by Crippen LogP contribution is 2.27. The van der Waals surface area contributed by atoms with E-state index in [0.29, 0.717) is 18.7 Å². The molecule has 1 N–H and O–H groups in total. The normalized spacial score (nSPS) is 14.4. The molecule has 5 nitrogen and oxygen atoms in total. The number of hydrogen-bond donors (Lipinski definition) is 1. The quantitative estimate of drug-likeness (QED) is 0.920. The lowest BCUT2D eigenvalue weighted by atomic mass is 10.1. The first-order chi connectivity index (χ1) is 11.2. The molecule has 0 radical (unpaired) electrons. The van der Waals surface area contributed by atoms with E-state index >= 15 is 0 Å². The molecule has 0 unspecified atom stereocenters. The average Bonchev–Trinajstić information content (AvgIpc) is 3.12. The number of carbonyl (C=O) groups excluding carboxylic acids is 1. The Labute approximate surface area is 136 Å². The second-order valence-corrected chi connectivity index (χ2v) is 5.85. The van der Waals surface area contributed by atoms with Crippen molar-refractivity contribution in [3.8, 4) is 0 Å². The molecule has 5 heteroatoms. The van der Waals surface area contributed by atoms with Crippen molar-refractivity contribution in [1.82, 2.24) is 9.88 Å². The number of amides is 1. The first kappa shape index (κ1) is 15.7. The van der Waals surface area contributed by atoms with Gasteiger partial charge in [0.25, 0.3) is 5.91 Å². The van der Waals surface area contributed by atoms with Crippen molar-refractivity contribution < 1.29 is 9.90 Å². The molecule has 1 fully saturated rings. The monoisotopic (exact) mass is 313 g/mol. The van der Waals surface area contributed by atoms with Gasteiger partial charge in [0, 0.05) is 31.6 Å². The third kappa shape index (κ3) is 3.15. The lowest BCUT2D eigenvalue weighted by Crippen LogP contribution is -2.35. The number of aliphatic hydroxyl groups excluding tert-OH is 1. The van der Waals surface area contributed by atoms with Crippen LogP contribution >= 0.6 is 0 Å². The Kier molecular flexibility index (Phi) is 4.76. The number of carbonyl (C=O) groups is 1. The highest BCUT2D eigenvalue weighted by atomic mass is 16.3. The summed E-state index contributed by atoms with van der Waals surface area (Å²) in [5, 5.41) is 10.2. The average molecular weight is 313 g/mol. The zero-order chi connectivity index (χ0) is 16.2. The molecule has 2 heterocycles. The van der Waals surface area contributed by atoms with Crippen molar-refractivity contribution in [3.63, 3.8) is 0 Å². The van der Waals surface area contributed by atoms with E-state index in [9.17, 15) is 9.90 Å². The number of nitrogens with zero attached hydrogens (tertiary/aromatic N) is 3. The lowest BCUT2D eigenvalue weighted by Gasteiger charge is -2.25. The number of benzene rings is 1. The van der Waals surface area contributed by atoms with Gasteiger partial charge in [-0.2, -0.15) is 0 Å². The molecule has 3 rings (SSSR count). The SMILES string of the molecule is CCN(CCO)C(=O)c1cc2ccccc2nc1N1CCCC1. The van der Waals surface area contributed by atoms with Crippen LogP contribution in [-0.4, -0.2) is 53.7 Å². The molecule has 0 atom stereocenters. The van der Waals surface area contributed by atoms with Gasteiger partial charge in [-0.3, -0.25) is 4.79 Å². The minimum absolute atomic E-state index is 0.0281. The Morgan fingerprint density at radius 3 is 2.74 bits per heavy atom. The zero-order valence-corrected chi connectivity index (χ0v) is 13.5. The summed E-state index contributed by atoms with van der Waals surface area (Å²) in [7, 11) is 0. The maximum atomic E-state index is 12.9. The van der Waals surface area contributed by atoms with Gasteiger partial charge in [-0.1, -0.05) is 18.2 Å². The zero-order valence-electron chi connectivity index (χ0n) is 13.5. The summed E-state index contributed by atoms with van der Waals surface area (Å²) in [6.45, 7) is 4.71. The first-order valence-electron chi connectivity index (χ1n) is 8.29.